The number of hydrogen-bond acceptors (Lipinski definition) is 4. The molecule has 3 heterocycles. The second-order valence-corrected chi connectivity index (χ2v) is 6.57. The number of benzene rings is 1. The average molecular weight is 464 g/mol. The molecule has 1 aliphatic heterocycles. The van der Waals surface area contributed by atoms with Crippen molar-refractivity contribution in [2.75, 3.05) is 26.3 Å². The lowest BCUT2D eigenvalue weighted by Gasteiger charge is -2.28. The van der Waals surface area contributed by atoms with E-state index in [1.165, 1.54) is 12.1 Å². The van der Waals surface area contributed by atoms with E-state index in [0.29, 0.717) is 30.8 Å². The molecule has 0 bridgehead atoms. The number of hydrogen-bond donors (Lipinski definition) is 0. The number of pyridine rings is 2. The summed E-state index contributed by atoms with van der Waals surface area (Å²) in [5.41, 5.74) is 1.16. The predicted octanol–water partition coefficient (Wildman–Crippen LogP) is 6.09. The molecule has 0 N–H and O–H groups in total. The highest BCUT2D eigenvalue weighted by Crippen LogP contribution is 2.22. The minimum absolute atomic E-state index is 0.168. The molecule has 1 fully saturated rings. The van der Waals surface area contributed by atoms with Gasteiger partial charge in [0.1, 0.15) is 11.0 Å². The van der Waals surface area contributed by atoms with E-state index in [2.05, 4.69) is 9.88 Å². The fourth-order valence-corrected chi connectivity index (χ4v) is 3.49. The molecule has 32 heavy (non-hydrogen) atoms. The Bertz CT molecular complexity index is 1000. The van der Waals surface area contributed by atoms with Gasteiger partial charge in [-0.1, -0.05) is 53.1 Å². The molecule has 2 aromatic heterocycles. The van der Waals surface area contributed by atoms with Crippen molar-refractivity contribution < 1.29 is 9.13 Å². The summed E-state index contributed by atoms with van der Waals surface area (Å²) in [6, 6.07) is 9.60. The normalized spacial score (nSPS) is 13.1. The third kappa shape index (κ3) is 6.86. The van der Waals surface area contributed by atoms with Crippen LogP contribution in [-0.4, -0.2) is 40.8 Å². The van der Waals surface area contributed by atoms with Crippen LogP contribution in [0.15, 0.2) is 47.4 Å². The largest absolute Gasteiger partial charge is 0.379 e. The highest BCUT2D eigenvalue weighted by molar-refractivity contribution is 6.34. The van der Waals surface area contributed by atoms with Gasteiger partial charge in [-0.2, -0.15) is 0 Å². The number of fused-ring (bicyclic) bond motifs is 1. The molecule has 0 radical (unpaired) electrons. The molecule has 0 aliphatic carbocycles. The Balaban J connectivity index is 0.000000789. The third-order valence-corrected chi connectivity index (χ3v) is 4.82. The Morgan fingerprint density at radius 1 is 1.00 bits per heavy atom. The van der Waals surface area contributed by atoms with Crippen molar-refractivity contribution in [3.05, 3.63) is 69.6 Å². The maximum atomic E-state index is 13.4. The SMILES string of the molecule is CC.CC.CC.O=c1c2c(Cl)nccc2cc(CN2CCOCC2)n1-c1ccc(F)cc1. The van der Waals surface area contributed by atoms with Crippen molar-refractivity contribution in [3.63, 3.8) is 0 Å². The van der Waals surface area contributed by atoms with Gasteiger partial charge in [0.2, 0.25) is 0 Å². The van der Waals surface area contributed by atoms with E-state index in [9.17, 15) is 9.18 Å². The Kier molecular flexibility index (Phi) is 12.8. The molecule has 0 saturated carbocycles. The summed E-state index contributed by atoms with van der Waals surface area (Å²) in [5, 5.41) is 1.28. The lowest BCUT2D eigenvalue weighted by Crippen LogP contribution is -2.37. The quantitative estimate of drug-likeness (QED) is 0.441. The van der Waals surface area contributed by atoms with E-state index in [1.54, 1.807) is 29.0 Å². The lowest BCUT2D eigenvalue weighted by molar-refractivity contribution is 0.0333. The Labute approximate surface area is 195 Å². The average Bonchev–Trinajstić information content (AvgIpc) is 2.85. The first kappa shape index (κ1) is 27.8. The first-order valence-corrected chi connectivity index (χ1v) is 11.8. The van der Waals surface area contributed by atoms with E-state index >= 15 is 0 Å². The molecule has 1 aliphatic rings. The molecule has 0 atom stereocenters. The minimum Gasteiger partial charge on any atom is -0.379 e. The van der Waals surface area contributed by atoms with Crippen LogP contribution in [0.5, 0.6) is 0 Å². The standard InChI is InChI=1S/C19H17ClFN3O2.3C2H6/c20-18-17-13(5-6-22-18)11-16(12-23-7-9-26-10-8-23)24(19(17)25)15-3-1-14(21)2-4-15;3*1-2/h1-6,11H,7-10,12H2;3*1-2H3. The van der Waals surface area contributed by atoms with Crippen LogP contribution in [0, 0.1) is 5.82 Å². The molecule has 0 spiro atoms. The number of rotatable bonds is 3. The molecule has 176 valence electrons. The van der Waals surface area contributed by atoms with E-state index < -0.39 is 0 Å². The highest BCUT2D eigenvalue weighted by Gasteiger charge is 2.18. The summed E-state index contributed by atoms with van der Waals surface area (Å²) < 4.78 is 20.3. The van der Waals surface area contributed by atoms with Crippen LogP contribution in [0.25, 0.3) is 16.5 Å². The summed E-state index contributed by atoms with van der Waals surface area (Å²) in [4.78, 5) is 19.5. The summed E-state index contributed by atoms with van der Waals surface area (Å²) in [6.45, 7) is 15.5. The van der Waals surface area contributed by atoms with Gasteiger partial charge in [0.25, 0.3) is 5.56 Å². The Hall–Kier alpha value is -2.28. The number of nitrogens with zero attached hydrogens (tertiary/aromatic N) is 3. The van der Waals surface area contributed by atoms with E-state index in [0.717, 1.165) is 24.2 Å². The molecule has 3 aromatic rings. The van der Waals surface area contributed by atoms with Crippen LogP contribution < -0.4 is 5.56 Å². The van der Waals surface area contributed by atoms with Crippen molar-refractivity contribution in [1.29, 1.82) is 0 Å². The van der Waals surface area contributed by atoms with Gasteiger partial charge in [0.15, 0.2) is 0 Å². The van der Waals surface area contributed by atoms with Gasteiger partial charge in [-0.15, -0.1) is 0 Å². The Morgan fingerprint density at radius 2 is 1.59 bits per heavy atom. The fourth-order valence-electron chi connectivity index (χ4n) is 3.25. The summed E-state index contributed by atoms with van der Waals surface area (Å²) >= 11 is 6.18. The zero-order valence-corrected chi connectivity index (χ0v) is 20.7. The zero-order chi connectivity index (χ0) is 24.1. The van der Waals surface area contributed by atoms with Gasteiger partial charge < -0.3 is 4.74 Å². The maximum Gasteiger partial charge on any atom is 0.266 e. The molecule has 0 unspecified atom stereocenters. The van der Waals surface area contributed by atoms with E-state index in [4.69, 9.17) is 16.3 Å². The maximum absolute atomic E-state index is 13.4. The van der Waals surface area contributed by atoms with Crippen molar-refractivity contribution in [2.24, 2.45) is 0 Å². The van der Waals surface area contributed by atoms with Gasteiger partial charge in [0, 0.05) is 37.2 Å². The van der Waals surface area contributed by atoms with Crippen LogP contribution in [0.1, 0.15) is 47.2 Å². The molecular formula is C25H35ClFN3O2. The fraction of sp³-hybridized carbons (Fsp3) is 0.440. The number of ether oxygens (including phenoxy) is 1. The van der Waals surface area contributed by atoms with Crippen LogP contribution in [0.4, 0.5) is 4.39 Å². The van der Waals surface area contributed by atoms with Crippen molar-refractivity contribution >= 4 is 22.4 Å². The van der Waals surface area contributed by atoms with Crippen LogP contribution in [0.3, 0.4) is 0 Å². The molecule has 5 nitrogen and oxygen atoms in total. The molecule has 7 heteroatoms. The van der Waals surface area contributed by atoms with Gasteiger partial charge >= 0.3 is 0 Å². The second kappa shape index (κ2) is 14.7. The number of halogens is 2. The molecule has 4 rings (SSSR count). The number of aromatic nitrogens is 2. The summed E-state index contributed by atoms with van der Waals surface area (Å²) in [7, 11) is 0. The number of morpholine rings is 1. The van der Waals surface area contributed by atoms with Gasteiger partial charge in [-0.05, 0) is 41.8 Å². The van der Waals surface area contributed by atoms with Crippen molar-refractivity contribution in [2.45, 2.75) is 48.1 Å². The van der Waals surface area contributed by atoms with Crippen molar-refractivity contribution in [3.8, 4) is 5.69 Å². The van der Waals surface area contributed by atoms with Gasteiger partial charge in [-0.25, -0.2) is 9.37 Å². The molecule has 1 aromatic carbocycles. The third-order valence-electron chi connectivity index (χ3n) is 4.54. The van der Waals surface area contributed by atoms with Crippen molar-refractivity contribution in [1.82, 2.24) is 14.5 Å². The van der Waals surface area contributed by atoms with Gasteiger partial charge in [-0.3, -0.25) is 14.3 Å². The highest BCUT2D eigenvalue weighted by atomic mass is 35.5. The smallest absolute Gasteiger partial charge is 0.266 e. The Morgan fingerprint density at radius 3 is 2.19 bits per heavy atom. The minimum atomic E-state index is -0.350. The zero-order valence-electron chi connectivity index (χ0n) is 20.0. The van der Waals surface area contributed by atoms with Crippen LogP contribution in [0.2, 0.25) is 5.15 Å². The summed E-state index contributed by atoms with van der Waals surface area (Å²) in [6.07, 6.45) is 1.59. The first-order valence-electron chi connectivity index (χ1n) is 11.4. The second-order valence-electron chi connectivity index (χ2n) is 6.21. The topological polar surface area (TPSA) is 47.4 Å². The molecular weight excluding hydrogens is 429 g/mol. The predicted molar refractivity (Wildman–Crippen MR) is 132 cm³/mol. The monoisotopic (exact) mass is 463 g/mol. The van der Waals surface area contributed by atoms with E-state index in [1.807, 2.05) is 47.6 Å². The van der Waals surface area contributed by atoms with Crippen LogP contribution >= 0.6 is 11.6 Å². The summed E-state index contributed by atoms with van der Waals surface area (Å²) in [5.74, 6) is -0.350. The molecule has 1 saturated heterocycles. The lowest BCUT2D eigenvalue weighted by atomic mass is 10.1. The van der Waals surface area contributed by atoms with E-state index in [-0.39, 0.29) is 16.5 Å². The van der Waals surface area contributed by atoms with Crippen LogP contribution in [-0.2, 0) is 11.3 Å². The van der Waals surface area contributed by atoms with Gasteiger partial charge in [0.05, 0.1) is 18.6 Å². The first-order chi connectivity index (χ1) is 15.6. The molecule has 0 amide bonds.